The van der Waals surface area contributed by atoms with Gasteiger partial charge in [-0.2, -0.15) is 16.9 Å². The van der Waals surface area contributed by atoms with Gasteiger partial charge in [0.2, 0.25) is 0 Å². The minimum absolute atomic E-state index is 0.491. The van der Waals surface area contributed by atoms with Gasteiger partial charge in [-0.3, -0.25) is 4.68 Å². The SMILES string of the molecule is CCCn1ncnc1CC(CSCC)NC. The molecule has 5 heteroatoms. The first-order valence-electron chi connectivity index (χ1n) is 5.93. The average molecular weight is 242 g/mol. The van der Waals surface area contributed by atoms with E-state index in [1.165, 1.54) is 5.75 Å². The maximum Gasteiger partial charge on any atom is 0.138 e. The third-order valence-electron chi connectivity index (χ3n) is 2.49. The summed E-state index contributed by atoms with van der Waals surface area (Å²) in [5.74, 6) is 3.39. The Morgan fingerprint density at radius 2 is 2.31 bits per heavy atom. The highest BCUT2D eigenvalue weighted by Gasteiger charge is 2.11. The van der Waals surface area contributed by atoms with Gasteiger partial charge >= 0.3 is 0 Å². The van der Waals surface area contributed by atoms with E-state index in [0.29, 0.717) is 6.04 Å². The van der Waals surface area contributed by atoms with Crippen molar-refractivity contribution in [1.82, 2.24) is 20.1 Å². The van der Waals surface area contributed by atoms with E-state index in [1.807, 2.05) is 23.5 Å². The van der Waals surface area contributed by atoms with Crippen LogP contribution in [0.1, 0.15) is 26.1 Å². The van der Waals surface area contributed by atoms with Gasteiger partial charge in [-0.25, -0.2) is 4.98 Å². The second kappa shape index (κ2) is 7.68. The molecule has 1 atom stereocenters. The average Bonchev–Trinajstić information content (AvgIpc) is 2.72. The third-order valence-corrected chi connectivity index (χ3v) is 3.54. The number of nitrogens with zero attached hydrogens (tertiary/aromatic N) is 3. The first-order chi connectivity index (χ1) is 7.81. The van der Waals surface area contributed by atoms with Crippen LogP contribution in [0.5, 0.6) is 0 Å². The van der Waals surface area contributed by atoms with Crippen molar-refractivity contribution in [3.05, 3.63) is 12.2 Å². The van der Waals surface area contributed by atoms with Crippen LogP contribution >= 0.6 is 11.8 Å². The summed E-state index contributed by atoms with van der Waals surface area (Å²) in [6.07, 6.45) is 3.72. The predicted octanol–water partition coefficient (Wildman–Crippen LogP) is 1.57. The highest BCUT2D eigenvalue weighted by Crippen LogP contribution is 2.07. The molecular weight excluding hydrogens is 220 g/mol. The summed E-state index contributed by atoms with van der Waals surface area (Å²) >= 11 is 1.96. The Bertz CT molecular complexity index is 287. The quantitative estimate of drug-likeness (QED) is 0.751. The molecule has 0 aromatic carbocycles. The summed E-state index contributed by atoms with van der Waals surface area (Å²) in [4.78, 5) is 4.33. The molecule has 0 saturated heterocycles. The molecule has 0 aliphatic heterocycles. The van der Waals surface area contributed by atoms with E-state index in [1.54, 1.807) is 6.33 Å². The molecule has 4 nitrogen and oxygen atoms in total. The zero-order valence-electron chi connectivity index (χ0n) is 10.4. The van der Waals surface area contributed by atoms with E-state index in [-0.39, 0.29) is 0 Å². The highest BCUT2D eigenvalue weighted by molar-refractivity contribution is 7.99. The maximum absolute atomic E-state index is 4.33. The fourth-order valence-corrected chi connectivity index (χ4v) is 2.37. The molecule has 1 aromatic heterocycles. The highest BCUT2D eigenvalue weighted by atomic mass is 32.2. The molecule has 92 valence electrons. The van der Waals surface area contributed by atoms with Crippen LogP contribution in [-0.4, -0.2) is 39.4 Å². The van der Waals surface area contributed by atoms with Gasteiger partial charge in [-0.05, 0) is 19.2 Å². The number of aryl methyl sites for hydroxylation is 1. The summed E-state index contributed by atoms with van der Waals surface area (Å²) in [6.45, 7) is 5.32. The number of hydrogen-bond acceptors (Lipinski definition) is 4. The van der Waals surface area contributed by atoms with Crippen LogP contribution < -0.4 is 5.32 Å². The second-order valence-electron chi connectivity index (χ2n) is 3.75. The number of thioether (sulfide) groups is 1. The molecule has 0 spiro atoms. The van der Waals surface area contributed by atoms with Crippen LogP contribution in [0.4, 0.5) is 0 Å². The zero-order valence-corrected chi connectivity index (χ0v) is 11.3. The van der Waals surface area contributed by atoms with E-state index < -0.39 is 0 Å². The van der Waals surface area contributed by atoms with Crippen molar-refractivity contribution in [2.75, 3.05) is 18.6 Å². The summed E-state index contributed by atoms with van der Waals surface area (Å²) in [5.41, 5.74) is 0. The molecule has 1 unspecified atom stereocenters. The Kier molecular flexibility index (Phi) is 6.49. The van der Waals surface area contributed by atoms with Crippen LogP contribution in [-0.2, 0) is 13.0 Å². The summed E-state index contributed by atoms with van der Waals surface area (Å²) in [5, 5.41) is 7.59. The molecule has 1 rings (SSSR count). The van der Waals surface area contributed by atoms with E-state index >= 15 is 0 Å². The normalized spacial score (nSPS) is 12.9. The van der Waals surface area contributed by atoms with E-state index in [9.17, 15) is 0 Å². The number of likely N-dealkylation sites (N-methyl/N-ethyl adjacent to an activating group) is 1. The van der Waals surface area contributed by atoms with Gasteiger partial charge in [0, 0.05) is 24.8 Å². The van der Waals surface area contributed by atoms with Crippen LogP contribution in [0, 0.1) is 0 Å². The van der Waals surface area contributed by atoms with Gasteiger partial charge in [0.05, 0.1) is 0 Å². The Labute approximate surface area is 102 Å². The zero-order chi connectivity index (χ0) is 11.8. The fourth-order valence-electron chi connectivity index (χ4n) is 1.57. The van der Waals surface area contributed by atoms with E-state index in [2.05, 4.69) is 29.2 Å². The minimum atomic E-state index is 0.491. The van der Waals surface area contributed by atoms with Gasteiger partial charge in [0.15, 0.2) is 0 Å². The molecule has 0 aliphatic rings. The molecule has 0 bridgehead atoms. The number of rotatable bonds is 8. The van der Waals surface area contributed by atoms with Crippen molar-refractivity contribution >= 4 is 11.8 Å². The Morgan fingerprint density at radius 1 is 1.50 bits per heavy atom. The molecule has 0 fully saturated rings. The second-order valence-corrected chi connectivity index (χ2v) is 5.07. The van der Waals surface area contributed by atoms with Crippen LogP contribution in [0.15, 0.2) is 6.33 Å². The van der Waals surface area contributed by atoms with Gasteiger partial charge in [0.25, 0.3) is 0 Å². The number of nitrogens with one attached hydrogen (secondary N) is 1. The van der Waals surface area contributed by atoms with E-state index in [4.69, 9.17) is 0 Å². The fraction of sp³-hybridized carbons (Fsp3) is 0.818. The standard InChI is InChI=1S/C11H22N4S/c1-4-6-15-11(13-9-14-15)7-10(12-3)8-16-5-2/h9-10,12H,4-8H2,1-3H3. The molecule has 0 radical (unpaired) electrons. The lowest BCUT2D eigenvalue weighted by atomic mass is 10.2. The molecule has 1 N–H and O–H groups in total. The Morgan fingerprint density at radius 3 is 2.94 bits per heavy atom. The lowest BCUT2D eigenvalue weighted by Crippen LogP contribution is -2.31. The van der Waals surface area contributed by atoms with E-state index in [0.717, 1.165) is 31.0 Å². The Hall–Kier alpha value is -0.550. The smallest absolute Gasteiger partial charge is 0.138 e. The van der Waals surface area contributed by atoms with Gasteiger partial charge < -0.3 is 5.32 Å². The van der Waals surface area contributed by atoms with Crippen molar-refractivity contribution < 1.29 is 0 Å². The molecule has 1 aromatic rings. The lowest BCUT2D eigenvalue weighted by molar-refractivity contribution is 0.528. The predicted molar refractivity (Wildman–Crippen MR) is 69.9 cm³/mol. The maximum atomic E-state index is 4.33. The Balaban J connectivity index is 2.51. The summed E-state index contributed by atoms with van der Waals surface area (Å²) in [7, 11) is 2.02. The number of aromatic nitrogens is 3. The lowest BCUT2D eigenvalue weighted by Gasteiger charge is -2.15. The van der Waals surface area contributed by atoms with Crippen molar-refractivity contribution in [3.63, 3.8) is 0 Å². The summed E-state index contributed by atoms with van der Waals surface area (Å²) in [6, 6.07) is 0.491. The molecule has 16 heavy (non-hydrogen) atoms. The van der Waals surface area contributed by atoms with Gasteiger partial charge in [0.1, 0.15) is 12.2 Å². The topological polar surface area (TPSA) is 42.7 Å². The monoisotopic (exact) mass is 242 g/mol. The molecule has 0 amide bonds. The first kappa shape index (κ1) is 13.5. The molecule has 1 heterocycles. The van der Waals surface area contributed by atoms with Crippen molar-refractivity contribution in [1.29, 1.82) is 0 Å². The van der Waals surface area contributed by atoms with Crippen molar-refractivity contribution in [3.8, 4) is 0 Å². The van der Waals surface area contributed by atoms with Gasteiger partial charge in [-0.1, -0.05) is 13.8 Å². The molecule has 0 saturated carbocycles. The molecular formula is C11H22N4S. The van der Waals surface area contributed by atoms with Crippen LogP contribution in [0.25, 0.3) is 0 Å². The minimum Gasteiger partial charge on any atom is -0.316 e. The van der Waals surface area contributed by atoms with Crippen LogP contribution in [0.2, 0.25) is 0 Å². The first-order valence-corrected chi connectivity index (χ1v) is 7.08. The van der Waals surface area contributed by atoms with Gasteiger partial charge in [-0.15, -0.1) is 0 Å². The van der Waals surface area contributed by atoms with Crippen LogP contribution in [0.3, 0.4) is 0 Å². The number of hydrogen-bond donors (Lipinski definition) is 1. The largest absolute Gasteiger partial charge is 0.316 e. The van der Waals surface area contributed by atoms with Crippen molar-refractivity contribution in [2.45, 2.75) is 39.3 Å². The molecule has 0 aliphatic carbocycles. The summed E-state index contributed by atoms with van der Waals surface area (Å²) < 4.78 is 2.01. The van der Waals surface area contributed by atoms with Crippen molar-refractivity contribution in [2.24, 2.45) is 0 Å². The third kappa shape index (κ3) is 4.14.